The largest absolute Gasteiger partial charge is 0.390 e. The smallest absolute Gasteiger partial charge is 0.222 e. The van der Waals surface area contributed by atoms with Crippen LogP contribution in [-0.4, -0.2) is 28.8 Å². The first kappa shape index (κ1) is 16.0. The van der Waals surface area contributed by atoms with Crippen molar-refractivity contribution in [2.24, 2.45) is 0 Å². The van der Waals surface area contributed by atoms with Gasteiger partial charge in [0.05, 0.1) is 18.1 Å². The summed E-state index contributed by atoms with van der Waals surface area (Å²) in [6.45, 7) is 5.83. The Balaban J connectivity index is 2.04. The Kier molecular flexibility index (Phi) is 5.01. The fraction of sp³-hybridized carbons (Fsp3) is 0.588. The topological polar surface area (TPSA) is 58.6 Å². The number of benzene rings is 1. The first-order valence-corrected chi connectivity index (χ1v) is 7.55. The lowest BCUT2D eigenvalue weighted by Crippen LogP contribution is -2.35. The van der Waals surface area contributed by atoms with Gasteiger partial charge in [0.15, 0.2) is 0 Å². The van der Waals surface area contributed by atoms with E-state index < -0.39 is 17.8 Å². The second-order valence-corrected chi connectivity index (χ2v) is 6.67. The number of carbonyl (C=O) groups is 1. The monoisotopic (exact) mass is 291 g/mol. The molecule has 1 amide bonds. The van der Waals surface area contributed by atoms with Gasteiger partial charge in [-0.3, -0.25) is 4.79 Å². The van der Waals surface area contributed by atoms with Gasteiger partial charge in [0.2, 0.25) is 5.91 Å². The molecule has 0 bridgehead atoms. The van der Waals surface area contributed by atoms with Crippen molar-refractivity contribution in [3.05, 3.63) is 35.9 Å². The summed E-state index contributed by atoms with van der Waals surface area (Å²) in [6.07, 6.45) is 0.790. The van der Waals surface area contributed by atoms with E-state index in [9.17, 15) is 9.90 Å². The number of rotatable bonds is 6. The van der Waals surface area contributed by atoms with E-state index in [0.717, 1.165) is 18.4 Å². The van der Waals surface area contributed by atoms with Crippen molar-refractivity contribution in [1.29, 1.82) is 0 Å². The lowest BCUT2D eigenvalue weighted by Gasteiger charge is -2.31. The summed E-state index contributed by atoms with van der Waals surface area (Å²) >= 11 is 0. The van der Waals surface area contributed by atoms with E-state index in [1.54, 1.807) is 0 Å². The van der Waals surface area contributed by atoms with E-state index in [1.165, 1.54) is 0 Å². The zero-order valence-electron chi connectivity index (χ0n) is 13.0. The van der Waals surface area contributed by atoms with Crippen molar-refractivity contribution in [3.63, 3.8) is 0 Å². The molecule has 1 aliphatic rings. The maximum atomic E-state index is 11.9. The number of aliphatic hydroxyl groups is 1. The Hall–Kier alpha value is -1.39. The normalized spacial score (nSPS) is 18.1. The van der Waals surface area contributed by atoms with Crippen LogP contribution in [0.4, 0.5) is 0 Å². The van der Waals surface area contributed by atoms with Crippen LogP contribution in [0.5, 0.6) is 0 Å². The SMILES string of the molecule is CC(C)(C)OC(c1ccccc1)C(O)CC(=O)NC1CC1. The minimum atomic E-state index is -0.856. The number of hydrogen-bond donors (Lipinski definition) is 2. The minimum absolute atomic E-state index is 0.0616. The third-order valence-electron chi connectivity index (χ3n) is 3.30. The molecule has 1 aliphatic carbocycles. The molecule has 116 valence electrons. The molecule has 4 heteroatoms. The Bertz CT molecular complexity index is 463. The zero-order valence-corrected chi connectivity index (χ0v) is 13.0. The average Bonchev–Trinajstić information content (AvgIpc) is 3.19. The van der Waals surface area contributed by atoms with Gasteiger partial charge in [-0.25, -0.2) is 0 Å². The van der Waals surface area contributed by atoms with Crippen LogP contribution in [0.1, 0.15) is 51.7 Å². The second kappa shape index (κ2) is 6.58. The summed E-state index contributed by atoms with van der Waals surface area (Å²) in [5, 5.41) is 13.3. The lowest BCUT2D eigenvalue weighted by molar-refractivity contribution is -0.135. The molecule has 2 unspecified atom stereocenters. The summed E-state index contributed by atoms with van der Waals surface area (Å²) in [4.78, 5) is 11.9. The summed E-state index contributed by atoms with van der Waals surface area (Å²) in [7, 11) is 0. The van der Waals surface area contributed by atoms with Gasteiger partial charge in [-0.05, 0) is 39.2 Å². The molecule has 0 aliphatic heterocycles. The van der Waals surface area contributed by atoms with Crippen LogP contribution < -0.4 is 5.32 Å². The molecule has 2 rings (SSSR count). The van der Waals surface area contributed by atoms with Crippen LogP contribution >= 0.6 is 0 Å². The van der Waals surface area contributed by atoms with Gasteiger partial charge >= 0.3 is 0 Å². The minimum Gasteiger partial charge on any atom is -0.390 e. The first-order chi connectivity index (χ1) is 9.85. The van der Waals surface area contributed by atoms with Crippen molar-refractivity contribution in [2.75, 3.05) is 0 Å². The van der Waals surface area contributed by atoms with E-state index in [1.807, 2.05) is 51.1 Å². The predicted octanol–water partition coefficient (Wildman–Crippen LogP) is 2.57. The van der Waals surface area contributed by atoms with Crippen LogP contribution in [0.2, 0.25) is 0 Å². The summed E-state index contributed by atoms with van der Waals surface area (Å²) in [5.74, 6) is -0.108. The predicted molar refractivity (Wildman–Crippen MR) is 81.8 cm³/mol. The second-order valence-electron chi connectivity index (χ2n) is 6.67. The molecular formula is C17H25NO3. The Labute approximate surface area is 126 Å². The Morgan fingerprint density at radius 1 is 1.33 bits per heavy atom. The molecule has 4 nitrogen and oxygen atoms in total. The standard InChI is InChI=1S/C17H25NO3/c1-17(2,3)21-16(12-7-5-4-6-8-12)14(19)11-15(20)18-13-9-10-13/h4-8,13-14,16,19H,9-11H2,1-3H3,(H,18,20). The molecule has 0 radical (unpaired) electrons. The van der Waals surface area contributed by atoms with Gasteiger partial charge in [0.25, 0.3) is 0 Å². The molecule has 0 saturated heterocycles. The van der Waals surface area contributed by atoms with Crippen molar-refractivity contribution in [3.8, 4) is 0 Å². The van der Waals surface area contributed by atoms with Crippen LogP contribution in [0, 0.1) is 0 Å². The molecule has 2 atom stereocenters. The molecule has 1 aromatic rings. The molecule has 0 heterocycles. The number of amides is 1. The zero-order chi connectivity index (χ0) is 15.5. The van der Waals surface area contributed by atoms with Crippen LogP contribution in [0.3, 0.4) is 0 Å². The fourth-order valence-corrected chi connectivity index (χ4v) is 2.20. The van der Waals surface area contributed by atoms with Gasteiger partial charge in [-0.1, -0.05) is 30.3 Å². The third-order valence-corrected chi connectivity index (χ3v) is 3.30. The molecule has 1 aromatic carbocycles. The average molecular weight is 291 g/mol. The summed E-state index contributed by atoms with van der Waals surface area (Å²) < 4.78 is 5.98. The molecule has 1 fully saturated rings. The van der Waals surface area contributed by atoms with Crippen LogP contribution in [0.15, 0.2) is 30.3 Å². The maximum Gasteiger partial charge on any atom is 0.222 e. The molecular weight excluding hydrogens is 266 g/mol. The lowest BCUT2D eigenvalue weighted by atomic mass is 10.00. The number of hydrogen-bond acceptors (Lipinski definition) is 3. The molecule has 0 aromatic heterocycles. The van der Waals surface area contributed by atoms with Crippen LogP contribution in [0.25, 0.3) is 0 Å². The van der Waals surface area contributed by atoms with Crippen LogP contribution in [-0.2, 0) is 9.53 Å². The number of aliphatic hydroxyl groups excluding tert-OH is 1. The van der Waals surface area contributed by atoms with Gasteiger partial charge in [-0.15, -0.1) is 0 Å². The molecule has 0 spiro atoms. The van der Waals surface area contributed by atoms with E-state index in [-0.39, 0.29) is 12.3 Å². The van der Waals surface area contributed by atoms with Crippen molar-refractivity contribution in [1.82, 2.24) is 5.32 Å². The number of carbonyl (C=O) groups excluding carboxylic acids is 1. The van der Waals surface area contributed by atoms with E-state index in [0.29, 0.717) is 6.04 Å². The van der Waals surface area contributed by atoms with Gasteiger partial charge in [-0.2, -0.15) is 0 Å². The highest BCUT2D eigenvalue weighted by molar-refractivity contribution is 5.77. The Morgan fingerprint density at radius 2 is 1.95 bits per heavy atom. The number of nitrogens with one attached hydrogen (secondary N) is 1. The van der Waals surface area contributed by atoms with Gasteiger partial charge < -0.3 is 15.2 Å². The quantitative estimate of drug-likeness (QED) is 0.847. The Morgan fingerprint density at radius 3 is 2.48 bits per heavy atom. The fourth-order valence-electron chi connectivity index (χ4n) is 2.20. The van der Waals surface area contributed by atoms with E-state index in [4.69, 9.17) is 4.74 Å². The van der Waals surface area contributed by atoms with Crippen molar-refractivity contribution >= 4 is 5.91 Å². The van der Waals surface area contributed by atoms with Gasteiger partial charge in [0.1, 0.15) is 6.10 Å². The molecule has 1 saturated carbocycles. The molecule has 21 heavy (non-hydrogen) atoms. The highest BCUT2D eigenvalue weighted by atomic mass is 16.5. The maximum absolute atomic E-state index is 11.9. The van der Waals surface area contributed by atoms with E-state index >= 15 is 0 Å². The van der Waals surface area contributed by atoms with Crippen molar-refractivity contribution in [2.45, 2.75) is 63.9 Å². The van der Waals surface area contributed by atoms with E-state index in [2.05, 4.69) is 5.32 Å². The van der Waals surface area contributed by atoms with Gasteiger partial charge in [0, 0.05) is 6.04 Å². The number of ether oxygens (including phenoxy) is 1. The van der Waals surface area contributed by atoms with Crippen molar-refractivity contribution < 1.29 is 14.6 Å². The highest BCUT2D eigenvalue weighted by Gasteiger charge is 2.30. The summed E-state index contributed by atoms with van der Waals surface area (Å²) in [6, 6.07) is 9.88. The third kappa shape index (κ3) is 5.48. The highest BCUT2D eigenvalue weighted by Crippen LogP contribution is 2.29. The molecule has 2 N–H and O–H groups in total. The first-order valence-electron chi connectivity index (χ1n) is 7.55. The summed E-state index contributed by atoms with van der Waals surface area (Å²) in [5.41, 5.74) is 0.494.